The second kappa shape index (κ2) is 9.05. The number of hydrogen-bond donors (Lipinski definition) is 2. The Kier molecular flexibility index (Phi) is 6.28. The zero-order chi connectivity index (χ0) is 19.9. The molecule has 1 aromatic carbocycles. The Morgan fingerprint density at radius 3 is 2.61 bits per heavy atom. The largest absolute Gasteiger partial charge is 0.355 e. The summed E-state index contributed by atoms with van der Waals surface area (Å²) in [7, 11) is 0. The van der Waals surface area contributed by atoms with Gasteiger partial charge in [-0.1, -0.05) is 24.2 Å². The van der Waals surface area contributed by atoms with Crippen LogP contribution in [0.5, 0.6) is 0 Å². The molecule has 3 aromatic heterocycles. The summed E-state index contributed by atoms with van der Waals surface area (Å²) in [4.78, 5) is 12.8. The summed E-state index contributed by atoms with van der Waals surface area (Å²) in [6, 6.07) is 9.32. The van der Waals surface area contributed by atoms with Crippen molar-refractivity contribution in [2.75, 3.05) is 5.32 Å². The number of aromatic amines is 1. The van der Waals surface area contributed by atoms with Gasteiger partial charge in [-0.25, -0.2) is 8.78 Å². The minimum absolute atomic E-state index is 0.169. The SMILES string of the molecule is CCc1c(F)cccc1F.O=C(Nc1cn[nH]c1)c1cc(-c2cccs2)on1. The standard InChI is InChI=1S/C11H8N4O2S.C8H8F2/c16-11(14-7-5-12-13-6-7)8-4-9(17-15-8)10-2-1-3-18-10;1-2-6-7(9)4-3-5-8(6)10/h1-6H,(H,12,13)(H,14,16);3-5H,2H2,1H3. The van der Waals surface area contributed by atoms with Crippen LogP contribution < -0.4 is 5.32 Å². The lowest BCUT2D eigenvalue weighted by molar-refractivity contribution is 0.101. The van der Waals surface area contributed by atoms with Crippen LogP contribution >= 0.6 is 11.3 Å². The first-order valence-electron chi connectivity index (χ1n) is 8.32. The van der Waals surface area contributed by atoms with Crippen molar-refractivity contribution >= 4 is 22.9 Å². The van der Waals surface area contributed by atoms with Crippen LogP contribution in [0.25, 0.3) is 10.6 Å². The van der Waals surface area contributed by atoms with E-state index in [0.717, 1.165) is 4.88 Å². The minimum atomic E-state index is -0.456. The molecule has 0 aliphatic rings. The molecule has 4 rings (SSSR count). The number of amides is 1. The molecule has 1 amide bonds. The molecule has 0 aliphatic heterocycles. The number of benzene rings is 1. The number of hydrogen-bond acceptors (Lipinski definition) is 5. The Hall–Kier alpha value is -3.33. The van der Waals surface area contributed by atoms with Gasteiger partial charge in [0.25, 0.3) is 5.91 Å². The van der Waals surface area contributed by atoms with Crippen molar-refractivity contribution in [3.8, 4) is 10.6 Å². The highest BCUT2D eigenvalue weighted by Gasteiger charge is 2.14. The van der Waals surface area contributed by atoms with E-state index >= 15 is 0 Å². The number of anilines is 1. The third-order valence-corrected chi connectivity index (χ3v) is 4.56. The molecule has 0 radical (unpaired) electrons. The molecule has 6 nitrogen and oxygen atoms in total. The first kappa shape index (κ1) is 19.4. The summed E-state index contributed by atoms with van der Waals surface area (Å²) >= 11 is 1.53. The molecule has 9 heteroatoms. The number of rotatable bonds is 4. The lowest BCUT2D eigenvalue weighted by Gasteiger charge is -1.98. The molecule has 0 bridgehead atoms. The Morgan fingerprint density at radius 1 is 1.25 bits per heavy atom. The highest BCUT2D eigenvalue weighted by atomic mass is 32.1. The van der Waals surface area contributed by atoms with Crippen LogP contribution in [0.3, 0.4) is 0 Å². The summed E-state index contributed by atoms with van der Waals surface area (Å²) in [5, 5.41) is 14.7. The van der Waals surface area contributed by atoms with Gasteiger partial charge < -0.3 is 9.84 Å². The van der Waals surface area contributed by atoms with Gasteiger partial charge in [-0.05, 0) is 30.0 Å². The molecule has 0 atom stereocenters. The maximum atomic E-state index is 12.6. The fourth-order valence-corrected chi connectivity index (χ4v) is 2.97. The van der Waals surface area contributed by atoms with Gasteiger partial charge in [-0.3, -0.25) is 9.89 Å². The molecular formula is C19H16F2N4O2S. The van der Waals surface area contributed by atoms with Crippen molar-refractivity contribution in [3.05, 3.63) is 77.1 Å². The molecule has 0 spiro atoms. The van der Waals surface area contributed by atoms with Crippen molar-refractivity contribution in [1.82, 2.24) is 15.4 Å². The van der Waals surface area contributed by atoms with E-state index in [2.05, 4.69) is 20.7 Å². The lowest BCUT2D eigenvalue weighted by Crippen LogP contribution is -2.11. The molecular weight excluding hydrogens is 386 g/mol. The number of H-pyrrole nitrogens is 1. The fourth-order valence-electron chi connectivity index (χ4n) is 2.30. The van der Waals surface area contributed by atoms with Crippen LogP contribution in [0.15, 0.2) is 58.7 Å². The number of carbonyl (C=O) groups is 1. The van der Waals surface area contributed by atoms with Crippen molar-refractivity contribution in [2.24, 2.45) is 0 Å². The molecule has 3 heterocycles. The van der Waals surface area contributed by atoms with Gasteiger partial charge in [0.05, 0.1) is 16.8 Å². The highest BCUT2D eigenvalue weighted by molar-refractivity contribution is 7.13. The zero-order valence-corrected chi connectivity index (χ0v) is 15.6. The average Bonchev–Trinajstić information content (AvgIpc) is 3.44. The highest BCUT2D eigenvalue weighted by Crippen LogP contribution is 2.25. The van der Waals surface area contributed by atoms with E-state index in [1.54, 1.807) is 19.2 Å². The molecule has 0 saturated carbocycles. The molecule has 144 valence electrons. The Bertz CT molecular complexity index is 1010. The average molecular weight is 402 g/mol. The normalized spacial score (nSPS) is 10.2. The number of halogens is 2. The van der Waals surface area contributed by atoms with Crippen LogP contribution in [-0.2, 0) is 6.42 Å². The molecule has 0 saturated heterocycles. The second-order valence-corrected chi connectivity index (χ2v) is 6.50. The first-order valence-corrected chi connectivity index (χ1v) is 9.20. The third kappa shape index (κ3) is 4.68. The van der Waals surface area contributed by atoms with Crippen LogP contribution in [0.1, 0.15) is 23.0 Å². The Labute approximate surface area is 163 Å². The minimum Gasteiger partial charge on any atom is -0.355 e. The van der Waals surface area contributed by atoms with Gasteiger partial charge in [0.1, 0.15) is 11.6 Å². The molecule has 28 heavy (non-hydrogen) atoms. The van der Waals surface area contributed by atoms with Gasteiger partial charge in [0.2, 0.25) is 0 Å². The predicted molar refractivity (Wildman–Crippen MR) is 102 cm³/mol. The van der Waals surface area contributed by atoms with E-state index in [0.29, 0.717) is 17.9 Å². The van der Waals surface area contributed by atoms with Crippen LogP contribution in [0.4, 0.5) is 14.5 Å². The Morgan fingerprint density at radius 2 is 2.04 bits per heavy atom. The quantitative estimate of drug-likeness (QED) is 0.508. The van der Waals surface area contributed by atoms with Crippen molar-refractivity contribution in [2.45, 2.75) is 13.3 Å². The zero-order valence-electron chi connectivity index (χ0n) is 14.8. The van der Waals surface area contributed by atoms with Gasteiger partial charge >= 0.3 is 0 Å². The van der Waals surface area contributed by atoms with Gasteiger partial charge in [-0.15, -0.1) is 11.3 Å². The van der Waals surface area contributed by atoms with E-state index in [-0.39, 0.29) is 17.2 Å². The lowest BCUT2D eigenvalue weighted by atomic mass is 10.1. The predicted octanol–water partition coefficient (Wildman–Crippen LogP) is 4.91. The fraction of sp³-hybridized carbons (Fsp3) is 0.105. The maximum Gasteiger partial charge on any atom is 0.277 e. The van der Waals surface area contributed by atoms with Gasteiger partial charge in [0, 0.05) is 17.8 Å². The van der Waals surface area contributed by atoms with Crippen LogP contribution in [-0.4, -0.2) is 21.3 Å². The molecule has 0 unspecified atom stereocenters. The number of nitrogens with zero attached hydrogens (tertiary/aromatic N) is 2. The van der Waals surface area contributed by atoms with E-state index in [4.69, 9.17) is 4.52 Å². The first-order chi connectivity index (χ1) is 13.6. The van der Waals surface area contributed by atoms with E-state index in [1.165, 1.54) is 35.7 Å². The van der Waals surface area contributed by atoms with Crippen LogP contribution in [0, 0.1) is 11.6 Å². The summed E-state index contributed by atoms with van der Waals surface area (Å²) in [6.45, 7) is 1.72. The summed E-state index contributed by atoms with van der Waals surface area (Å²) in [5.74, 6) is -0.657. The number of thiophene rings is 1. The van der Waals surface area contributed by atoms with Gasteiger partial charge in [0.15, 0.2) is 11.5 Å². The molecule has 0 aliphatic carbocycles. The van der Waals surface area contributed by atoms with Crippen LogP contribution in [0.2, 0.25) is 0 Å². The van der Waals surface area contributed by atoms with Crippen molar-refractivity contribution in [1.29, 1.82) is 0 Å². The third-order valence-electron chi connectivity index (χ3n) is 3.68. The summed E-state index contributed by atoms with van der Waals surface area (Å²) in [5.41, 5.74) is 0.989. The number of aromatic nitrogens is 3. The monoisotopic (exact) mass is 402 g/mol. The summed E-state index contributed by atoms with van der Waals surface area (Å²) < 4.78 is 30.3. The van der Waals surface area contributed by atoms with E-state index in [1.807, 2.05) is 17.5 Å². The molecule has 4 aromatic rings. The number of carbonyl (C=O) groups excluding carboxylic acids is 1. The van der Waals surface area contributed by atoms with E-state index < -0.39 is 11.6 Å². The molecule has 0 fully saturated rings. The molecule has 2 N–H and O–H groups in total. The number of nitrogens with one attached hydrogen (secondary N) is 2. The smallest absolute Gasteiger partial charge is 0.277 e. The van der Waals surface area contributed by atoms with Gasteiger partial charge in [-0.2, -0.15) is 5.10 Å². The van der Waals surface area contributed by atoms with Crippen molar-refractivity contribution in [3.63, 3.8) is 0 Å². The van der Waals surface area contributed by atoms with Crippen molar-refractivity contribution < 1.29 is 18.1 Å². The second-order valence-electron chi connectivity index (χ2n) is 5.55. The van der Waals surface area contributed by atoms with E-state index in [9.17, 15) is 13.6 Å². The maximum absolute atomic E-state index is 12.6. The summed E-state index contributed by atoms with van der Waals surface area (Å²) in [6.07, 6.45) is 3.49. The Balaban J connectivity index is 0.000000192. The topological polar surface area (TPSA) is 83.8 Å².